The van der Waals surface area contributed by atoms with Crippen LogP contribution in [0, 0.1) is 0 Å². The zero-order valence-corrected chi connectivity index (χ0v) is 14.1. The molecule has 0 atom stereocenters. The number of rotatable bonds is 1. The third kappa shape index (κ3) is 2.90. The molecular weight excluding hydrogens is 264 g/mol. The molecular formula is C18H24OS. The Labute approximate surface area is 126 Å². The van der Waals surface area contributed by atoms with Crippen LogP contribution in [0.1, 0.15) is 52.7 Å². The number of hydrogen-bond donors (Lipinski definition) is 1. The van der Waals surface area contributed by atoms with Gasteiger partial charge in [-0.25, -0.2) is 0 Å². The molecule has 0 aliphatic rings. The molecule has 1 aromatic carbocycles. The molecule has 0 bridgehead atoms. The zero-order chi connectivity index (χ0) is 15.1. The Morgan fingerprint density at radius 1 is 0.950 bits per heavy atom. The highest BCUT2D eigenvalue weighted by Crippen LogP contribution is 2.43. The van der Waals surface area contributed by atoms with Crippen molar-refractivity contribution in [3.8, 4) is 16.2 Å². The van der Waals surface area contributed by atoms with Gasteiger partial charge in [0.1, 0.15) is 5.75 Å². The molecule has 2 heteroatoms. The molecule has 0 aliphatic carbocycles. The first-order valence-corrected chi connectivity index (χ1v) is 7.90. The van der Waals surface area contributed by atoms with E-state index in [0.717, 1.165) is 16.0 Å². The molecule has 1 aromatic heterocycles. The van der Waals surface area contributed by atoms with Crippen molar-refractivity contribution < 1.29 is 5.11 Å². The molecule has 0 aliphatic heterocycles. The summed E-state index contributed by atoms with van der Waals surface area (Å²) in [6.45, 7) is 13.1. The number of thiophene rings is 1. The molecule has 108 valence electrons. The van der Waals surface area contributed by atoms with E-state index in [1.165, 1.54) is 5.56 Å². The molecule has 1 N–H and O–H groups in total. The van der Waals surface area contributed by atoms with Gasteiger partial charge in [-0.15, -0.1) is 11.3 Å². The second kappa shape index (κ2) is 4.92. The first-order valence-electron chi connectivity index (χ1n) is 7.02. The largest absolute Gasteiger partial charge is 0.507 e. The van der Waals surface area contributed by atoms with E-state index in [2.05, 4.69) is 65.1 Å². The molecule has 0 unspecified atom stereocenters. The average Bonchev–Trinajstić information content (AvgIpc) is 2.79. The summed E-state index contributed by atoms with van der Waals surface area (Å²) in [6.07, 6.45) is 0. The van der Waals surface area contributed by atoms with E-state index in [1.54, 1.807) is 11.3 Å². The minimum atomic E-state index is -0.0721. The lowest BCUT2D eigenvalue weighted by atomic mass is 9.79. The predicted octanol–water partition coefficient (Wildman–Crippen LogP) is 5.72. The van der Waals surface area contributed by atoms with Crippen molar-refractivity contribution in [2.24, 2.45) is 0 Å². The molecule has 0 amide bonds. The third-order valence-electron chi connectivity index (χ3n) is 3.57. The van der Waals surface area contributed by atoms with Crippen LogP contribution in [0.3, 0.4) is 0 Å². The lowest BCUT2D eigenvalue weighted by molar-refractivity contribution is 0.447. The van der Waals surface area contributed by atoms with Gasteiger partial charge < -0.3 is 5.11 Å². The van der Waals surface area contributed by atoms with Gasteiger partial charge in [0.2, 0.25) is 0 Å². The first kappa shape index (κ1) is 15.1. The van der Waals surface area contributed by atoms with Crippen LogP contribution in [0.15, 0.2) is 29.6 Å². The molecule has 0 saturated heterocycles. The minimum absolute atomic E-state index is 0.0692. The molecule has 0 spiro atoms. The Kier molecular flexibility index (Phi) is 3.72. The number of benzene rings is 1. The van der Waals surface area contributed by atoms with Gasteiger partial charge in [-0.1, -0.05) is 53.7 Å². The Balaban J connectivity index is 2.75. The van der Waals surface area contributed by atoms with E-state index in [9.17, 15) is 5.11 Å². The first-order chi connectivity index (χ1) is 9.10. The Morgan fingerprint density at radius 2 is 1.60 bits per heavy atom. The fraction of sp³-hybridized carbons (Fsp3) is 0.444. The normalized spacial score (nSPS) is 12.7. The van der Waals surface area contributed by atoms with Crippen molar-refractivity contribution in [3.63, 3.8) is 0 Å². The van der Waals surface area contributed by atoms with E-state index >= 15 is 0 Å². The average molecular weight is 288 g/mol. The van der Waals surface area contributed by atoms with Gasteiger partial charge in [0.25, 0.3) is 0 Å². The maximum absolute atomic E-state index is 10.7. The van der Waals surface area contributed by atoms with Crippen LogP contribution in [0.25, 0.3) is 10.4 Å². The van der Waals surface area contributed by atoms with Crippen LogP contribution < -0.4 is 0 Å². The quantitative estimate of drug-likeness (QED) is 0.712. The second-order valence-electron chi connectivity index (χ2n) is 7.40. The Hall–Kier alpha value is -1.28. The number of phenolic OH excluding ortho intramolecular Hbond substituents is 1. The maximum Gasteiger partial charge on any atom is 0.127 e. The summed E-state index contributed by atoms with van der Waals surface area (Å²) in [5, 5.41) is 12.7. The van der Waals surface area contributed by atoms with Crippen molar-refractivity contribution in [1.29, 1.82) is 0 Å². The highest BCUT2D eigenvalue weighted by molar-refractivity contribution is 7.13. The van der Waals surface area contributed by atoms with Gasteiger partial charge >= 0.3 is 0 Å². The lowest BCUT2D eigenvalue weighted by Gasteiger charge is -2.27. The Morgan fingerprint density at radius 3 is 2.05 bits per heavy atom. The van der Waals surface area contributed by atoms with Crippen molar-refractivity contribution in [1.82, 2.24) is 0 Å². The monoisotopic (exact) mass is 288 g/mol. The molecule has 2 aromatic rings. The van der Waals surface area contributed by atoms with Crippen molar-refractivity contribution in [2.75, 3.05) is 0 Å². The van der Waals surface area contributed by atoms with Crippen LogP contribution in [0.2, 0.25) is 0 Å². The predicted molar refractivity (Wildman–Crippen MR) is 88.8 cm³/mol. The standard InChI is InChI=1S/C18H24OS/c1-17(2,3)12-10-13(15-8-7-9-20-15)16(19)14(11-12)18(4,5)6/h7-11,19H,1-6H3. The molecule has 20 heavy (non-hydrogen) atoms. The minimum Gasteiger partial charge on any atom is -0.507 e. The highest BCUT2D eigenvalue weighted by atomic mass is 32.1. The smallest absolute Gasteiger partial charge is 0.127 e. The molecule has 0 fully saturated rings. The van der Waals surface area contributed by atoms with E-state index in [-0.39, 0.29) is 10.8 Å². The van der Waals surface area contributed by atoms with Crippen LogP contribution >= 0.6 is 11.3 Å². The molecule has 1 heterocycles. The topological polar surface area (TPSA) is 20.2 Å². The van der Waals surface area contributed by atoms with Gasteiger partial charge in [-0.3, -0.25) is 0 Å². The van der Waals surface area contributed by atoms with Crippen LogP contribution in [-0.4, -0.2) is 5.11 Å². The summed E-state index contributed by atoms with van der Waals surface area (Å²) < 4.78 is 0. The highest BCUT2D eigenvalue weighted by Gasteiger charge is 2.25. The summed E-state index contributed by atoms with van der Waals surface area (Å²) >= 11 is 1.67. The van der Waals surface area contributed by atoms with Gasteiger partial charge in [-0.2, -0.15) is 0 Å². The van der Waals surface area contributed by atoms with Crippen molar-refractivity contribution in [2.45, 2.75) is 52.4 Å². The van der Waals surface area contributed by atoms with E-state index in [4.69, 9.17) is 0 Å². The SMILES string of the molecule is CC(C)(C)c1cc(-c2cccs2)c(O)c(C(C)(C)C)c1. The summed E-state index contributed by atoms with van der Waals surface area (Å²) in [5.41, 5.74) is 3.24. The fourth-order valence-corrected chi connectivity index (χ4v) is 3.00. The summed E-state index contributed by atoms with van der Waals surface area (Å²) in [4.78, 5) is 1.12. The van der Waals surface area contributed by atoms with Gasteiger partial charge in [-0.05, 0) is 33.9 Å². The number of phenols is 1. The van der Waals surface area contributed by atoms with Gasteiger partial charge in [0, 0.05) is 16.0 Å². The summed E-state index contributed by atoms with van der Waals surface area (Å²) in [7, 11) is 0. The fourth-order valence-electron chi connectivity index (χ4n) is 2.26. The number of aromatic hydroxyl groups is 1. The third-order valence-corrected chi connectivity index (χ3v) is 4.47. The molecule has 0 radical (unpaired) electrons. The number of hydrogen-bond acceptors (Lipinski definition) is 2. The van der Waals surface area contributed by atoms with E-state index in [1.807, 2.05) is 6.07 Å². The summed E-state index contributed by atoms with van der Waals surface area (Å²) in [6, 6.07) is 8.39. The van der Waals surface area contributed by atoms with Gasteiger partial charge in [0.15, 0.2) is 0 Å². The van der Waals surface area contributed by atoms with Crippen LogP contribution in [-0.2, 0) is 10.8 Å². The zero-order valence-electron chi connectivity index (χ0n) is 13.2. The van der Waals surface area contributed by atoms with Crippen LogP contribution in [0.5, 0.6) is 5.75 Å². The lowest BCUT2D eigenvalue weighted by Crippen LogP contribution is -2.16. The van der Waals surface area contributed by atoms with Crippen LogP contribution in [0.4, 0.5) is 0 Å². The van der Waals surface area contributed by atoms with Crippen molar-refractivity contribution in [3.05, 3.63) is 40.8 Å². The summed E-state index contributed by atoms with van der Waals surface area (Å²) in [5.74, 6) is 0.424. The second-order valence-corrected chi connectivity index (χ2v) is 8.34. The Bertz CT molecular complexity index is 596. The van der Waals surface area contributed by atoms with Crippen molar-refractivity contribution >= 4 is 11.3 Å². The maximum atomic E-state index is 10.7. The molecule has 1 nitrogen and oxygen atoms in total. The van der Waals surface area contributed by atoms with Gasteiger partial charge in [0.05, 0.1) is 0 Å². The van der Waals surface area contributed by atoms with E-state index in [0.29, 0.717) is 5.75 Å². The van der Waals surface area contributed by atoms with E-state index < -0.39 is 0 Å². The molecule has 0 saturated carbocycles. The molecule has 2 rings (SSSR count).